The monoisotopic (exact) mass is 365 g/mol. The molecule has 4 aromatic rings. The Morgan fingerprint density at radius 1 is 0.643 bits per heavy atom. The molecule has 0 aromatic heterocycles. The normalized spacial score (nSPS) is 10.5. The van der Waals surface area contributed by atoms with E-state index in [2.05, 4.69) is 83.9 Å². The number of para-hydroxylation sites is 3. The molecule has 0 amide bonds. The molecule has 3 nitrogen and oxygen atoms in total. The summed E-state index contributed by atoms with van der Waals surface area (Å²) in [6.07, 6.45) is 0. The molecule has 3 heteroatoms. The quantitative estimate of drug-likeness (QED) is 0.383. The van der Waals surface area contributed by atoms with Crippen molar-refractivity contribution in [2.24, 2.45) is 0 Å². The third-order valence-electron chi connectivity index (χ3n) is 4.64. The molecule has 0 radical (unpaired) electrons. The minimum atomic E-state index is 0.753. The molecule has 4 rings (SSSR count). The predicted octanol–water partition coefficient (Wildman–Crippen LogP) is 6.79. The van der Waals surface area contributed by atoms with Crippen LogP contribution >= 0.6 is 0 Å². The highest BCUT2D eigenvalue weighted by atomic mass is 15.2. The lowest BCUT2D eigenvalue weighted by molar-refractivity contribution is 1.27. The topological polar surface area (TPSA) is 41.3 Å². The summed E-state index contributed by atoms with van der Waals surface area (Å²) in [5.74, 6) is 0. The van der Waals surface area contributed by atoms with Gasteiger partial charge in [0.1, 0.15) is 0 Å². The number of rotatable bonds is 5. The van der Waals surface area contributed by atoms with Crippen molar-refractivity contribution in [3.8, 4) is 0 Å². The molecule has 0 bridgehead atoms. The predicted molar refractivity (Wildman–Crippen MR) is 120 cm³/mol. The van der Waals surface area contributed by atoms with Gasteiger partial charge in [-0.2, -0.15) is 0 Å². The van der Waals surface area contributed by atoms with Gasteiger partial charge >= 0.3 is 0 Å². The molecule has 0 saturated heterocycles. The van der Waals surface area contributed by atoms with Crippen molar-refractivity contribution < 1.29 is 0 Å². The van der Waals surface area contributed by atoms with Crippen molar-refractivity contribution in [2.45, 2.75) is 6.92 Å². The standard InChI is InChI=1S/C25H23N3/c1-19-11-15-22(16-12-19)28(23-17-13-20(26)14-18-23)25-10-6-5-9-24(25)27-21-7-3-2-4-8-21/h2-18,27H,26H2,1H3. The van der Waals surface area contributed by atoms with E-state index in [1.54, 1.807) is 0 Å². The third-order valence-corrected chi connectivity index (χ3v) is 4.64. The molecule has 0 spiro atoms. The molecule has 0 fully saturated rings. The second kappa shape index (κ2) is 7.89. The molecule has 0 unspecified atom stereocenters. The van der Waals surface area contributed by atoms with Crippen LogP contribution in [0.5, 0.6) is 0 Å². The van der Waals surface area contributed by atoms with Crippen molar-refractivity contribution in [3.63, 3.8) is 0 Å². The molecular weight excluding hydrogens is 342 g/mol. The van der Waals surface area contributed by atoms with Crippen LogP contribution in [-0.2, 0) is 0 Å². The highest BCUT2D eigenvalue weighted by Gasteiger charge is 2.16. The number of hydrogen-bond acceptors (Lipinski definition) is 3. The average molecular weight is 365 g/mol. The molecule has 3 N–H and O–H groups in total. The van der Waals surface area contributed by atoms with Crippen LogP contribution in [0.3, 0.4) is 0 Å². The highest BCUT2D eigenvalue weighted by Crippen LogP contribution is 2.40. The lowest BCUT2D eigenvalue weighted by Crippen LogP contribution is -2.12. The van der Waals surface area contributed by atoms with Gasteiger partial charge in [-0.3, -0.25) is 0 Å². The fourth-order valence-corrected chi connectivity index (χ4v) is 3.20. The van der Waals surface area contributed by atoms with E-state index < -0.39 is 0 Å². The summed E-state index contributed by atoms with van der Waals surface area (Å²) in [5.41, 5.74) is 13.2. The molecule has 28 heavy (non-hydrogen) atoms. The molecular formula is C25H23N3. The maximum Gasteiger partial charge on any atom is 0.0696 e. The van der Waals surface area contributed by atoms with Crippen molar-refractivity contribution in [3.05, 3.63) is 109 Å². The molecule has 4 aromatic carbocycles. The molecule has 0 aliphatic heterocycles. The van der Waals surface area contributed by atoms with E-state index in [4.69, 9.17) is 5.73 Å². The van der Waals surface area contributed by atoms with Crippen LogP contribution in [0.1, 0.15) is 5.56 Å². The number of nitrogen functional groups attached to an aromatic ring is 1. The molecule has 138 valence electrons. The van der Waals surface area contributed by atoms with Crippen LogP contribution in [0, 0.1) is 6.92 Å². The number of hydrogen-bond donors (Lipinski definition) is 2. The SMILES string of the molecule is Cc1ccc(N(c2ccc(N)cc2)c2ccccc2Nc2ccccc2)cc1. The van der Waals surface area contributed by atoms with Gasteiger partial charge in [0.2, 0.25) is 0 Å². The van der Waals surface area contributed by atoms with Crippen molar-refractivity contribution in [1.82, 2.24) is 0 Å². The Morgan fingerprint density at radius 3 is 1.89 bits per heavy atom. The minimum Gasteiger partial charge on any atom is -0.399 e. The summed E-state index contributed by atoms with van der Waals surface area (Å²) in [6, 6.07) is 35.1. The molecule has 0 aliphatic rings. The fraction of sp³-hybridized carbons (Fsp3) is 0.0400. The number of nitrogens with one attached hydrogen (secondary N) is 1. The average Bonchev–Trinajstić information content (AvgIpc) is 2.73. The van der Waals surface area contributed by atoms with E-state index in [1.807, 2.05) is 36.4 Å². The number of anilines is 6. The van der Waals surface area contributed by atoms with E-state index in [0.717, 1.165) is 34.1 Å². The van der Waals surface area contributed by atoms with E-state index in [9.17, 15) is 0 Å². The van der Waals surface area contributed by atoms with Crippen molar-refractivity contribution in [1.29, 1.82) is 0 Å². The first-order valence-corrected chi connectivity index (χ1v) is 9.34. The zero-order valence-corrected chi connectivity index (χ0v) is 15.8. The molecule has 0 aliphatic carbocycles. The Morgan fingerprint density at radius 2 is 1.21 bits per heavy atom. The summed E-state index contributed by atoms with van der Waals surface area (Å²) in [5, 5.41) is 3.55. The maximum absolute atomic E-state index is 5.93. The first-order valence-electron chi connectivity index (χ1n) is 9.34. The summed E-state index contributed by atoms with van der Waals surface area (Å²) in [4.78, 5) is 2.24. The van der Waals surface area contributed by atoms with Gasteiger partial charge in [-0.15, -0.1) is 0 Å². The van der Waals surface area contributed by atoms with Crippen LogP contribution in [-0.4, -0.2) is 0 Å². The number of nitrogens with zero attached hydrogens (tertiary/aromatic N) is 1. The van der Waals surface area contributed by atoms with Gasteiger partial charge in [0, 0.05) is 22.7 Å². The smallest absolute Gasteiger partial charge is 0.0696 e. The van der Waals surface area contributed by atoms with E-state index in [1.165, 1.54) is 5.56 Å². The second-order valence-electron chi connectivity index (χ2n) is 6.77. The van der Waals surface area contributed by atoms with Crippen LogP contribution in [0.2, 0.25) is 0 Å². The van der Waals surface area contributed by atoms with Crippen LogP contribution in [0.15, 0.2) is 103 Å². The number of aryl methyl sites for hydroxylation is 1. The van der Waals surface area contributed by atoms with Crippen LogP contribution in [0.25, 0.3) is 0 Å². The van der Waals surface area contributed by atoms with Crippen molar-refractivity contribution >= 4 is 34.1 Å². The Hall–Kier alpha value is -3.72. The van der Waals surface area contributed by atoms with E-state index >= 15 is 0 Å². The first-order chi connectivity index (χ1) is 13.7. The van der Waals surface area contributed by atoms with Crippen LogP contribution in [0.4, 0.5) is 34.1 Å². The van der Waals surface area contributed by atoms with Gasteiger partial charge in [0.25, 0.3) is 0 Å². The van der Waals surface area contributed by atoms with Gasteiger partial charge < -0.3 is 16.0 Å². The summed E-state index contributed by atoms with van der Waals surface area (Å²) < 4.78 is 0. The van der Waals surface area contributed by atoms with Crippen molar-refractivity contribution in [2.75, 3.05) is 16.0 Å². The summed E-state index contributed by atoms with van der Waals surface area (Å²) in [6.45, 7) is 2.10. The summed E-state index contributed by atoms with van der Waals surface area (Å²) >= 11 is 0. The fourth-order valence-electron chi connectivity index (χ4n) is 3.20. The van der Waals surface area contributed by atoms with Crippen LogP contribution < -0.4 is 16.0 Å². The summed E-state index contributed by atoms with van der Waals surface area (Å²) in [7, 11) is 0. The van der Waals surface area contributed by atoms with E-state index in [-0.39, 0.29) is 0 Å². The van der Waals surface area contributed by atoms with Gasteiger partial charge in [0.15, 0.2) is 0 Å². The maximum atomic E-state index is 5.93. The third kappa shape index (κ3) is 3.84. The molecule has 0 atom stereocenters. The number of benzene rings is 4. The molecule has 0 heterocycles. The van der Waals surface area contributed by atoms with E-state index in [0.29, 0.717) is 0 Å². The largest absolute Gasteiger partial charge is 0.399 e. The second-order valence-corrected chi connectivity index (χ2v) is 6.77. The molecule has 0 saturated carbocycles. The Labute approximate surface area is 166 Å². The zero-order chi connectivity index (χ0) is 19.3. The zero-order valence-electron chi connectivity index (χ0n) is 15.8. The Bertz CT molecular complexity index is 994. The first kappa shape index (κ1) is 17.7. The van der Waals surface area contributed by atoms with Gasteiger partial charge in [-0.25, -0.2) is 0 Å². The minimum absolute atomic E-state index is 0.753. The van der Waals surface area contributed by atoms with Gasteiger partial charge in [0.05, 0.1) is 11.4 Å². The lowest BCUT2D eigenvalue weighted by atomic mass is 10.1. The lowest BCUT2D eigenvalue weighted by Gasteiger charge is -2.28. The number of nitrogens with two attached hydrogens (primary N) is 1. The Kier molecular flexibility index (Phi) is 4.98. The highest BCUT2D eigenvalue weighted by molar-refractivity contribution is 5.86. The van der Waals surface area contributed by atoms with Gasteiger partial charge in [-0.05, 0) is 67.6 Å². The van der Waals surface area contributed by atoms with Gasteiger partial charge in [-0.1, -0.05) is 48.0 Å². The Balaban J connectivity index is 1.83.